The zero-order valence-corrected chi connectivity index (χ0v) is 25.4. The summed E-state index contributed by atoms with van der Waals surface area (Å²) in [5.41, 5.74) is 17.9. The lowest BCUT2D eigenvalue weighted by Crippen LogP contribution is -2.30. The Hall–Kier alpha value is -5.58. The van der Waals surface area contributed by atoms with Crippen molar-refractivity contribution in [2.75, 3.05) is 0 Å². The summed E-state index contributed by atoms with van der Waals surface area (Å²) < 4.78 is 0. The number of nitrogens with zero attached hydrogens (tertiary/aromatic N) is 2. The van der Waals surface area contributed by atoms with Crippen LogP contribution in [0, 0.1) is 11.8 Å². The van der Waals surface area contributed by atoms with Gasteiger partial charge in [-0.2, -0.15) is 0 Å². The predicted molar refractivity (Wildman–Crippen MR) is 190 cm³/mol. The average Bonchev–Trinajstić information content (AvgIpc) is 3.12. The van der Waals surface area contributed by atoms with Gasteiger partial charge in [0.25, 0.3) is 0 Å². The normalized spacial score (nSPS) is 17.8. The van der Waals surface area contributed by atoms with Crippen molar-refractivity contribution >= 4 is 21.8 Å². The van der Waals surface area contributed by atoms with Crippen molar-refractivity contribution in [2.24, 2.45) is 17.6 Å². The molecule has 3 N–H and O–H groups in total. The Labute approximate surface area is 269 Å². The maximum absolute atomic E-state index is 6.94. The molecule has 2 unspecified atom stereocenters. The molecule has 4 nitrogen and oxygen atoms in total. The molecule has 222 valence electrons. The summed E-state index contributed by atoms with van der Waals surface area (Å²) in [6, 6.07) is 38.4. The van der Waals surface area contributed by atoms with Crippen LogP contribution in [0.2, 0.25) is 0 Å². The molecule has 0 saturated heterocycles. The molecule has 2 aromatic heterocycles. The third kappa shape index (κ3) is 5.23. The van der Waals surface area contributed by atoms with Crippen LogP contribution in [0.5, 0.6) is 0 Å². The zero-order valence-electron chi connectivity index (χ0n) is 25.4. The minimum Gasteiger partial charge on any atom is -0.401 e. The van der Waals surface area contributed by atoms with Gasteiger partial charge in [-0.3, -0.25) is 4.98 Å². The first kappa shape index (κ1) is 27.9. The molecular weight excluding hydrogens is 560 g/mol. The van der Waals surface area contributed by atoms with Gasteiger partial charge in [0.15, 0.2) is 0 Å². The van der Waals surface area contributed by atoms with Crippen LogP contribution < -0.4 is 11.1 Å². The summed E-state index contributed by atoms with van der Waals surface area (Å²) in [6.45, 7) is 0.649. The molecule has 4 heteroatoms. The number of hydrogen-bond donors (Lipinski definition) is 2. The third-order valence-corrected chi connectivity index (χ3v) is 9.19. The van der Waals surface area contributed by atoms with Crippen LogP contribution in [0.25, 0.3) is 44.1 Å². The molecule has 8 rings (SSSR count). The predicted octanol–water partition coefficient (Wildman–Crippen LogP) is 9.09. The van der Waals surface area contributed by atoms with E-state index in [4.69, 9.17) is 10.7 Å². The highest BCUT2D eigenvalue weighted by atomic mass is 14.9. The molecule has 0 saturated carbocycles. The number of aromatic nitrogens is 2. The Bertz CT molecular complexity index is 2120. The summed E-state index contributed by atoms with van der Waals surface area (Å²) in [7, 11) is 0. The van der Waals surface area contributed by atoms with Crippen molar-refractivity contribution in [1.29, 1.82) is 0 Å². The van der Waals surface area contributed by atoms with Gasteiger partial charge in [-0.05, 0) is 64.2 Å². The van der Waals surface area contributed by atoms with E-state index in [9.17, 15) is 0 Å². The van der Waals surface area contributed by atoms with Gasteiger partial charge in [0.1, 0.15) is 0 Å². The SMILES string of the molecule is NC1=C(C(NCc2cc(-c3cccnc3)cc(-c3c4ccccc4nc4ccccc34)c2)c2ccccc2)C=CC2C=CC=C[C@@H]12. The van der Waals surface area contributed by atoms with E-state index in [1.165, 1.54) is 16.7 Å². The molecule has 46 heavy (non-hydrogen) atoms. The first-order valence-corrected chi connectivity index (χ1v) is 15.9. The number of rotatable bonds is 7. The summed E-state index contributed by atoms with van der Waals surface area (Å²) in [4.78, 5) is 9.44. The second-order valence-electron chi connectivity index (χ2n) is 12.0. The standard InChI is InChI=1S/C42H34N4/c43-41-34-15-5-4-11-29(34)20-21-37(41)42(30-12-2-1-3-13-30)45-26-28-23-32(31-14-10-22-44-27-31)25-33(24-28)40-35-16-6-8-18-38(35)46-39-19-9-7-17-36(39)40/h1-25,27,29,34,42,45H,26,43H2/t29?,34-,42?/m1/s1. The van der Waals surface area contributed by atoms with Crippen LogP contribution >= 0.6 is 0 Å². The van der Waals surface area contributed by atoms with Crippen LogP contribution in [0.15, 0.2) is 169 Å². The Balaban J connectivity index is 1.25. The molecule has 0 amide bonds. The quantitative estimate of drug-likeness (QED) is 0.181. The number of hydrogen-bond acceptors (Lipinski definition) is 4. The lowest BCUT2D eigenvalue weighted by atomic mass is 9.78. The zero-order chi connectivity index (χ0) is 30.9. The Kier molecular flexibility index (Phi) is 7.33. The smallest absolute Gasteiger partial charge is 0.0715 e. The number of pyridine rings is 2. The van der Waals surface area contributed by atoms with Crippen molar-refractivity contribution in [3.8, 4) is 22.3 Å². The van der Waals surface area contributed by atoms with Crippen molar-refractivity contribution < 1.29 is 0 Å². The molecule has 0 fully saturated rings. The summed E-state index contributed by atoms with van der Waals surface area (Å²) >= 11 is 0. The van der Waals surface area contributed by atoms with Crippen molar-refractivity contribution in [2.45, 2.75) is 12.6 Å². The third-order valence-electron chi connectivity index (χ3n) is 9.19. The number of para-hydroxylation sites is 2. The maximum Gasteiger partial charge on any atom is 0.0715 e. The Morgan fingerprint density at radius 3 is 2.17 bits per heavy atom. The number of benzene rings is 4. The van der Waals surface area contributed by atoms with Gasteiger partial charge in [0, 0.05) is 58.4 Å². The molecule has 2 aliphatic rings. The van der Waals surface area contributed by atoms with Crippen molar-refractivity contribution in [3.63, 3.8) is 0 Å². The topological polar surface area (TPSA) is 63.8 Å². The molecular formula is C42H34N4. The molecule has 2 heterocycles. The first-order chi connectivity index (χ1) is 22.7. The highest BCUT2D eigenvalue weighted by Crippen LogP contribution is 2.39. The lowest BCUT2D eigenvalue weighted by Gasteiger charge is -2.31. The van der Waals surface area contributed by atoms with Gasteiger partial charge < -0.3 is 11.1 Å². The van der Waals surface area contributed by atoms with Gasteiger partial charge in [0.05, 0.1) is 17.1 Å². The number of allylic oxidation sites excluding steroid dienone is 5. The van der Waals surface area contributed by atoms with Gasteiger partial charge >= 0.3 is 0 Å². The van der Waals surface area contributed by atoms with Crippen LogP contribution in [0.1, 0.15) is 17.2 Å². The average molecular weight is 595 g/mol. The monoisotopic (exact) mass is 594 g/mol. The fraction of sp³-hybridized carbons (Fsp3) is 0.0952. The van der Waals surface area contributed by atoms with Crippen molar-refractivity contribution in [1.82, 2.24) is 15.3 Å². The van der Waals surface area contributed by atoms with Gasteiger partial charge in [-0.25, -0.2) is 4.98 Å². The van der Waals surface area contributed by atoms with Crippen molar-refractivity contribution in [3.05, 3.63) is 180 Å². The highest BCUT2D eigenvalue weighted by Gasteiger charge is 2.28. The van der Waals surface area contributed by atoms with E-state index < -0.39 is 0 Å². The van der Waals surface area contributed by atoms with Crippen LogP contribution in [-0.4, -0.2) is 9.97 Å². The fourth-order valence-electron chi connectivity index (χ4n) is 6.95. The molecule has 0 spiro atoms. The van der Waals surface area contributed by atoms with Crippen LogP contribution in [0.4, 0.5) is 0 Å². The number of fused-ring (bicyclic) bond motifs is 3. The van der Waals surface area contributed by atoms with E-state index >= 15 is 0 Å². The summed E-state index contributed by atoms with van der Waals surface area (Å²) in [6.07, 6.45) is 16.9. The van der Waals surface area contributed by atoms with E-state index in [-0.39, 0.29) is 12.0 Å². The van der Waals surface area contributed by atoms with E-state index in [0.717, 1.165) is 49.8 Å². The molecule has 4 aromatic carbocycles. The maximum atomic E-state index is 6.94. The van der Waals surface area contributed by atoms with Crippen LogP contribution in [-0.2, 0) is 6.54 Å². The van der Waals surface area contributed by atoms with Gasteiger partial charge in [-0.1, -0.05) is 109 Å². The van der Waals surface area contributed by atoms with E-state index in [2.05, 4.69) is 150 Å². The molecule has 0 radical (unpaired) electrons. The summed E-state index contributed by atoms with van der Waals surface area (Å²) in [5.74, 6) is 0.473. The Morgan fingerprint density at radius 1 is 0.696 bits per heavy atom. The molecule has 0 aliphatic heterocycles. The highest BCUT2D eigenvalue weighted by molar-refractivity contribution is 6.09. The second-order valence-corrected chi connectivity index (χ2v) is 12.0. The second kappa shape index (κ2) is 12.1. The lowest BCUT2D eigenvalue weighted by molar-refractivity contribution is 0.556. The molecule has 6 aromatic rings. The largest absolute Gasteiger partial charge is 0.401 e. The van der Waals surface area contributed by atoms with E-state index in [0.29, 0.717) is 12.5 Å². The number of nitrogens with one attached hydrogen (secondary N) is 1. The molecule has 3 atom stereocenters. The minimum absolute atomic E-state index is 0.0641. The van der Waals surface area contributed by atoms with E-state index in [1.54, 1.807) is 0 Å². The van der Waals surface area contributed by atoms with Gasteiger partial charge in [0.2, 0.25) is 0 Å². The van der Waals surface area contributed by atoms with E-state index in [1.807, 2.05) is 18.5 Å². The molecule has 2 aliphatic carbocycles. The first-order valence-electron chi connectivity index (χ1n) is 15.9. The summed E-state index contributed by atoms with van der Waals surface area (Å²) in [5, 5.41) is 6.20. The molecule has 0 bridgehead atoms. The Morgan fingerprint density at radius 2 is 1.41 bits per heavy atom. The minimum atomic E-state index is -0.0641. The fourth-order valence-corrected chi connectivity index (χ4v) is 6.95. The van der Waals surface area contributed by atoms with Gasteiger partial charge in [-0.15, -0.1) is 0 Å². The number of nitrogens with two attached hydrogens (primary N) is 1. The van der Waals surface area contributed by atoms with Crippen LogP contribution in [0.3, 0.4) is 0 Å².